The van der Waals surface area contributed by atoms with E-state index in [0.717, 1.165) is 47.5 Å². The molecule has 1 aliphatic rings. The third kappa shape index (κ3) is 4.96. The van der Waals surface area contributed by atoms with Gasteiger partial charge in [-0.05, 0) is 58.4 Å². The predicted octanol–water partition coefficient (Wildman–Crippen LogP) is 3.68. The molecule has 3 N–H and O–H groups in total. The van der Waals surface area contributed by atoms with Crippen LogP contribution in [0.4, 0.5) is 28.8 Å². The lowest BCUT2D eigenvalue weighted by atomic mass is 10.2. The average molecular weight is 487 g/mol. The summed E-state index contributed by atoms with van der Waals surface area (Å²) in [6, 6.07) is 6.10. The fraction of sp³-hybridized carbons (Fsp3) is 0.360. The van der Waals surface area contributed by atoms with Gasteiger partial charge >= 0.3 is 0 Å². The Labute approximate surface area is 209 Å². The normalized spacial score (nSPS) is 15.8. The lowest BCUT2D eigenvalue weighted by Crippen LogP contribution is -2.35. The second-order valence-electron chi connectivity index (χ2n) is 9.16. The number of carbonyl (C=O) groups is 1. The second kappa shape index (κ2) is 9.86. The molecule has 0 spiro atoms. The Morgan fingerprint density at radius 3 is 2.72 bits per heavy atom. The molecule has 1 unspecified atom stereocenters. The van der Waals surface area contributed by atoms with Crippen LogP contribution < -0.4 is 16.0 Å². The van der Waals surface area contributed by atoms with Crippen molar-refractivity contribution in [2.24, 2.45) is 7.05 Å². The smallest absolute Gasteiger partial charge is 0.238 e. The van der Waals surface area contributed by atoms with Gasteiger partial charge in [0.15, 0.2) is 11.5 Å². The van der Waals surface area contributed by atoms with E-state index in [0.29, 0.717) is 35.7 Å². The van der Waals surface area contributed by atoms with E-state index in [2.05, 4.69) is 52.8 Å². The molecule has 11 heteroatoms. The van der Waals surface area contributed by atoms with E-state index in [1.165, 1.54) is 0 Å². The molecular formula is C25H30N10O. The average Bonchev–Trinajstić information content (AvgIpc) is 3.39. The Kier molecular flexibility index (Phi) is 6.47. The summed E-state index contributed by atoms with van der Waals surface area (Å²) in [5.41, 5.74) is 4.54. The lowest BCUT2D eigenvalue weighted by molar-refractivity contribution is -0.117. The van der Waals surface area contributed by atoms with E-state index in [4.69, 9.17) is 0 Å². The van der Waals surface area contributed by atoms with Gasteiger partial charge in [0.2, 0.25) is 11.9 Å². The van der Waals surface area contributed by atoms with Crippen LogP contribution in [0.5, 0.6) is 0 Å². The standard InChI is InChI=1S/C25H30N10O/c1-15-7-6-10-35(15)14-22(36)29-18-11-21(17(3)27-12-18)30-23-19-13-28-25(32-24(19)34(4)33-23)31-20-8-5-9-26-16(20)2/h5,8-9,11-13,15H,6-7,10,14H2,1-4H3,(H,29,36)(H,30,33)(H,28,31,32). The number of likely N-dealkylation sites (tertiary alicyclic amines) is 1. The number of nitrogens with one attached hydrogen (secondary N) is 3. The van der Waals surface area contributed by atoms with Crippen molar-refractivity contribution in [3.8, 4) is 0 Å². The van der Waals surface area contributed by atoms with Gasteiger partial charge in [0.25, 0.3) is 0 Å². The molecule has 36 heavy (non-hydrogen) atoms. The Bertz CT molecular complexity index is 1420. The number of aromatic nitrogens is 6. The minimum absolute atomic E-state index is 0.0408. The highest BCUT2D eigenvalue weighted by atomic mass is 16.2. The highest BCUT2D eigenvalue weighted by molar-refractivity contribution is 5.93. The molecule has 4 aromatic heterocycles. The van der Waals surface area contributed by atoms with Crippen LogP contribution in [0.25, 0.3) is 11.0 Å². The van der Waals surface area contributed by atoms with Crippen LogP contribution in [0, 0.1) is 13.8 Å². The van der Waals surface area contributed by atoms with Gasteiger partial charge in [-0.3, -0.25) is 19.7 Å². The molecule has 5 rings (SSSR count). The van der Waals surface area contributed by atoms with Gasteiger partial charge in [0.05, 0.1) is 46.6 Å². The summed E-state index contributed by atoms with van der Waals surface area (Å²) < 4.78 is 1.70. The molecule has 1 atom stereocenters. The number of rotatable bonds is 7. The van der Waals surface area contributed by atoms with Crippen LogP contribution in [0.3, 0.4) is 0 Å². The van der Waals surface area contributed by atoms with E-state index >= 15 is 0 Å². The highest BCUT2D eigenvalue weighted by Gasteiger charge is 2.22. The van der Waals surface area contributed by atoms with Crippen molar-refractivity contribution in [3.05, 3.63) is 48.2 Å². The maximum absolute atomic E-state index is 12.6. The quantitative estimate of drug-likeness (QED) is 0.359. The molecule has 0 aromatic carbocycles. The molecule has 5 heterocycles. The zero-order valence-corrected chi connectivity index (χ0v) is 20.9. The minimum Gasteiger partial charge on any atom is -0.337 e. The lowest BCUT2D eigenvalue weighted by Gasteiger charge is -2.20. The largest absolute Gasteiger partial charge is 0.337 e. The fourth-order valence-electron chi connectivity index (χ4n) is 4.40. The fourth-order valence-corrected chi connectivity index (χ4v) is 4.40. The summed E-state index contributed by atoms with van der Waals surface area (Å²) in [5.74, 6) is 1.03. The van der Waals surface area contributed by atoms with E-state index in [1.54, 1.807) is 23.3 Å². The number of fused-ring (bicyclic) bond motifs is 1. The molecule has 11 nitrogen and oxygen atoms in total. The van der Waals surface area contributed by atoms with E-state index < -0.39 is 0 Å². The van der Waals surface area contributed by atoms with Crippen molar-refractivity contribution in [2.75, 3.05) is 29.0 Å². The first kappa shape index (κ1) is 23.6. The number of aryl methyl sites for hydroxylation is 3. The number of hydrogen-bond acceptors (Lipinski definition) is 9. The summed E-state index contributed by atoms with van der Waals surface area (Å²) in [4.78, 5) is 32.7. The zero-order chi connectivity index (χ0) is 25.2. The molecular weight excluding hydrogens is 456 g/mol. The first-order chi connectivity index (χ1) is 17.4. The van der Waals surface area contributed by atoms with Crippen LogP contribution in [-0.4, -0.2) is 59.7 Å². The number of carbonyl (C=O) groups excluding carboxylic acids is 1. The SMILES string of the molecule is Cc1ncccc1Nc1ncc2c(Nc3cc(NC(=O)CN4CCCC4C)cnc3C)nn(C)c2n1. The Balaban J connectivity index is 1.34. The summed E-state index contributed by atoms with van der Waals surface area (Å²) >= 11 is 0. The highest BCUT2D eigenvalue weighted by Crippen LogP contribution is 2.28. The van der Waals surface area contributed by atoms with Crippen molar-refractivity contribution >= 4 is 45.8 Å². The first-order valence-corrected chi connectivity index (χ1v) is 12.0. The van der Waals surface area contributed by atoms with E-state index in [-0.39, 0.29) is 5.91 Å². The van der Waals surface area contributed by atoms with Crippen LogP contribution >= 0.6 is 0 Å². The summed E-state index contributed by atoms with van der Waals surface area (Å²) in [7, 11) is 1.83. The van der Waals surface area contributed by atoms with Crippen LogP contribution in [0.2, 0.25) is 0 Å². The molecule has 0 aliphatic carbocycles. The number of amides is 1. The molecule has 4 aromatic rings. The van der Waals surface area contributed by atoms with E-state index in [9.17, 15) is 4.79 Å². The molecule has 0 radical (unpaired) electrons. The van der Waals surface area contributed by atoms with Gasteiger partial charge in [-0.25, -0.2) is 9.67 Å². The minimum atomic E-state index is -0.0408. The van der Waals surface area contributed by atoms with Crippen LogP contribution in [-0.2, 0) is 11.8 Å². The number of hydrogen-bond donors (Lipinski definition) is 3. The molecule has 0 bridgehead atoms. The first-order valence-electron chi connectivity index (χ1n) is 12.0. The maximum Gasteiger partial charge on any atom is 0.238 e. The number of nitrogens with zero attached hydrogens (tertiary/aromatic N) is 7. The van der Waals surface area contributed by atoms with Gasteiger partial charge in [0.1, 0.15) is 0 Å². The Hall–Kier alpha value is -4.12. The molecule has 1 saturated heterocycles. The van der Waals surface area contributed by atoms with Gasteiger partial charge in [0, 0.05) is 25.5 Å². The van der Waals surface area contributed by atoms with Gasteiger partial charge in [-0.1, -0.05) is 0 Å². The van der Waals surface area contributed by atoms with Gasteiger partial charge in [-0.2, -0.15) is 10.1 Å². The monoisotopic (exact) mass is 486 g/mol. The van der Waals surface area contributed by atoms with Crippen molar-refractivity contribution in [3.63, 3.8) is 0 Å². The Morgan fingerprint density at radius 1 is 1.11 bits per heavy atom. The summed E-state index contributed by atoms with van der Waals surface area (Å²) in [5, 5.41) is 14.9. The topological polar surface area (TPSA) is 126 Å². The molecule has 1 amide bonds. The number of anilines is 5. The summed E-state index contributed by atoms with van der Waals surface area (Å²) in [6.07, 6.45) is 7.42. The zero-order valence-electron chi connectivity index (χ0n) is 20.9. The number of pyridine rings is 2. The van der Waals surface area contributed by atoms with Crippen LogP contribution in [0.1, 0.15) is 31.2 Å². The molecule has 186 valence electrons. The predicted molar refractivity (Wildman–Crippen MR) is 140 cm³/mol. The van der Waals surface area contributed by atoms with Crippen molar-refractivity contribution < 1.29 is 4.79 Å². The third-order valence-corrected chi connectivity index (χ3v) is 6.49. The third-order valence-electron chi connectivity index (χ3n) is 6.49. The van der Waals surface area contributed by atoms with Gasteiger partial charge < -0.3 is 16.0 Å². The van der Waals surface area contributed by atoms with Crippen molar-refractivity contribution in [1.82, 2.24) is 34.6 Å². The molecule has 1 aliphatic heterocycles. The second-order valence-corrected chi connectivity index (χ2v) is 9.16. The maximum atomic E-state index is 12.6. The van der Waals surface area contributed by atoms with E-state index in [1.807, 2.05) is 39.1 Å². The van der Waals surface area contributed by atoms with Crippen molar-refractivity contribution in [2.45, 2.75) is 39.7 Å². The Morgan fingerprint density at radius 2 is 1.94 bits per heavy atom. The molecule has 0 saturated carbocycles. The molecule has 1 fully saturated rings. The van der Waals surface area contributed by atoms with Gasteiger partial charge in [-0.15, -0.1) is 0 Å². The summed E-state index contributed by atoms with van der Waals surface area (Å²) in [6.45, 7) is 7.33. The van der Waals surface area contributed by atoms with Crippen molar-refractivity contribution in [1.29, 1.82) is 0 Å². The van der Waals surface area contributed by atoms with Crippen LogP contribution in [0.15, 0.2) is 36.8 Å².